The van der Waals surface area contributed by atoms with Gasteiger partial charge in [0.25, 0.3) is 0 Å². The highest BCUT2D eigenvalue weighted by Gasteiger charge is 2.04. The van der Waals surface area contributed by atoms with Gasteiger partial charge in [0, 0.05) is 5.69 Å². The van der Waals surface area contributed by atoms with Crippen LogP contribution in [0.25, 0.3) is 0 Å². The molecule has 0 bridgehead atoms. The van der Waals surface area contributed by atoms with Crippen LogP contribution in [-0.2, 0) is 13.0 Å². The van der Waals surface area contributed by atoms with Crippen LogP contribution in [0.15, 0.2) is 53.5 Å². The van der Waals surface area contributed by atoms with E-state index in [1.165, 1.54) is 17.7 Å². The maximum Gasteiger partial charge on any atom is 0.387 e. The first-order valence-electron chi connectivity index (χ1n) is 7.26. The SMILES string of the molecule is CCc1ccc(NC(N)=NCc2cccc(OC(F)F)c2)cc1.I. The lowest BCUT2D eigenvalue weighted by Crippen LogP contribution is -2.22. The van der Waals surface area contributed by atoms with E-state index in [0.717, 1.165) is 17.7 Å². The lowest BCUT2D eigenvalue weighted by Gasteiger charge is -2.07. The van der Waals surface area contributed by atoms with Gasteiger partial charge >= 0.3 is 6.61 Å². The summed E-state index contributed by atoms with van der Waals surface area (Å²) >= 11 is 0. The average molecular weight is 447 g/mol. The van der Waals surface area contributed by atoms with Crippen molar-refractivity contribution in [3.8, 4) is 5.75 Å². The molecule has 4 nitrogen and oxygen atoms in total. The third-order valence-corrected chi connectivity index (χ3v) is 3.19. The van der Waals surface area contributed by atoms with Crippen LogP contribution in [0.1, 0.15) is 18.1 Å². The molecule has 7 heteroatoms. The molecule has 0 aliphatic heterocycles. The molecule has 3 N–H and O–H groups in total. The number of anilines is 1. The van der Waals surface area contributed by atoms with Crippen LogP contribution in [0, 0.1) is 0 Å². The van der Waals surface area contributed by atoms with Gasteiger partial charge in [0.2, 0.25) is 0 Å². The van der Waals surface area contributed by atoms with Gasteiger partial charge in [-0.2, -0.15) is 8.78 Å². The molecule has 0 atom stereocenters. The molecule has 0 unspecified atom stereocenters. The molecular formula is C17H20F2IN3O. The van der Waals surface area contributed by atoms with Crippen molar-refractivity contribution in [2.75, 3.05) is 5.32 Å². The van der Waals surface area contributed by atoms with Crippen LogP contribution in [-0.4, -0.2) is 12.6 Å². The summed E-state index contributed by atoms with van der Waals surface area (Å²) in [5, 5.41) is 2.99. The zero-order valence-corrected chi connectivity index (χ0v) is 15.5. The molecule has 0 aliphatic rings. The van der Waals surface area contributed by atoms with Crippen molar-refractivity contribution in [3.63, 3.8) is 0 Å². The summed E-state index contributed by atoms with van der Waals surface area (Å²) in [4.78, 5) is 4.19. The zero-order valence-electron chi connectivity index (χ0n) is 13.2. The molecular weight excluding hydrogens is 427 g/mol. The van der Waals surface area contributed by atoms with Crippen LogP contribution in [0.5, 0.6) is 5.75 Å². The van der Waals surface area contributed by atoms with Gasteiger partial charge in [-0.15, -0.1) is 24.0 Å². The summed E-state index contributed by atoms with van der Waals surface area (Å²) in [6.45, 7) is -0.484. The molecule has 0 aliphatic carbocycles. The number of halogens is 3. The molecule has 0 saturated heterocycles. The number of nitrogens with zero attached hydrogens (tertiary/aromatic N) is 1. The van der Waals surface area contributed by atoms with Crippen molar-refractivity contribution in [3.05, 3.63) is 59.7 Å². The Bertz CT molecular complexity index is 663. The third kappa shape index (κ3) is 6.69. The topological polar surface area (TPSA) is 59.6 Å². The summed E-state index contributed by atoms with van der Waals surface area (Å²) in [7, 11) is 0. The number of nitrogens with two attached hydrogens (primary N) is 1. The van der Waals surface area contributed by atoms with E-state index in [9.17, 15) is 8.78 Å². The fourth-order valence-corrected chi connectivity index (χ4v) is 2.01. The second-order valence-electron chi connectivity index (χ2n) is 4.90. The molecule has 2 aromatic carbocycles. The number of alkyl halides is 2. The minimum atomic E-state index is -2.84. The highest BCUT2D eigenvalue weighted by atomic mass is 127. The summed E-state index contributed by atoms with van der Waals surface area (Å²) in [6.07, 6.45) is 0.973. The summed E-state index contributed by atoms with van der Waals surface area (Å²) in [5.41, 5.74) is 8.64. The van der Waals surface area contributed by atoms with Gasteiger partial charge in [-0.3, -0.25) is 0 Å². The van der Waals surface area contributed by atoms with Gasteiger partial charge in [-0.25, -0.2) is 4.99 Å². The number of ether oxygens (including phenoxy) is 1. The molecule has 2 rings (SSSR count). The Kier molecular flexibility index (Phi) is 8.45. The van der Waals surface area contributed by atoms with Crippen LogP contribution in [0.3, 0.4) is 0 Å². The predicted molar refractivity (Wildman–Crippen MR) is 103 cm³/mol. The smallest absolute Gasteiger partial charge is 0.387 e. The van der Waals surface area contributed by atoms with Crippen molar-refractivity contribution in [1.29, 1.82) is 0 Å². The Hall–Kier alpha value is -1.90. The second-order valence-corrected chi connectivity index (χ2v) is 4.90. The van der Waals surface area contributed by atoms with Gasteiger partial charge in [0.15, 0.2) is 5.96 Å². The Morgan fingerprint density at radius 1 is 1.17 bits per heavy atom. The number of nitrogens with one attached hydrogen (secondary N) is 1. The van der Waals surface area contributed by atoms with Gasteiger partial charge in [0.05, 0.1) is 6.54 Å². The highest BCUT2D eigenvalue weighted by molar-refractivity contribution is 14.0. The Labute approximate surface area is 157 Å². The summed E-state index contributed by atoms with van der Waals surface area (Å²) in [5.74, 6) is 0.365. The molecule has 0 heterocycles. The van der Waals surface area contributed by atoms with E-state index in [1.54, 1.807) is 12.1 Å². The third-order valence-electron chi connectivity index (χ3n) is 3.19. The molecule has 0 spiro atoms. The second kappa shape index (κ2) is 10.1. The fraction of sp³-hybridized carbons (Fsp3) is 0.235. The lowest BCUT2D eigenvalue weighted by molar-refractivity contribution is -0.0498. The zero-order chi connectivity index (χ0) is 16.7. The number of hydrogen-bond acceptors (Lipinski definition) is 2. The van der Waals surface area contributed by atoms with E-state index in [4.69, 9.17) is 5.73 Å². The van der Waals surface area contributed by atoms with Crippen LogP contribution in [0.2, 0.25) is 0 Å². The highest BCUT2D eigenvalue weighted by Crippen LogP contribution is 2.16. The average Bonchev–Trinajstić information content (AvgIpc) is 2.53. The minimum Gasteiger partial charge on any atom is -0.435 e. The molecule has 24 heavy (non-hydrogen) atoms. The first-order valence-corrected chi connectivity index (χ1v) is 7.26. The van der Waals surface area contributed by atoms with Gasteiger partial charge in [0.1, 0.15) is 5.75 Å². The van der Waals surface area contributed by atoms with Crippen molar-refractivity contribution in [2.45, 2.75) is 26.5 Å². The molecule has 0 saturated carbocycles. The monoisotopic (exact) mass is 447 g/mol. The van der Waals surface area contributed by atoms with E-state index in [-0.39, 0.29) is 42.2 Å². The molecule has 2 aromatic rings. The normalized spacial score (nSPS) is 11.1. The lowest BCUT2D eigenvalue weighted by atomic mass is 10.1. The fourth-order valence-electron chi connectivity index (χ4n) is 2.01. The van der Waals surface area contributed by atoms with Crippen LogP contribution < -0.4 is 15.8 Å². The Balaban J connectivity index is 0.00000288. The van der Waals surface area contributed by atoms with Crippen LogP contribution >= 0.6 is 24.0 Å². The van der Waals surface area contributed by atoms with E-state index in [1.807, 2.05) is 24.3 Å². The Morgan fingerprint density at radius 2 is 1.88 bits per heavy atom. The standard InChI is InChI=1S/C17H19F2N3O.HI/c1-2-12-6-8-14(9-7-12)22-17(20)21-11-13-4-3-5-15(10-13)23-16(18)19;/h3-10,16H,2,11H2,1H3,(H3,20,21,22);1H. The number of rotatable bonds is 6. The first-order chi connectivity index (χ1) is 11.1. The van der Waals surface area contributed by atoms with Gasteiger partial charge < -0.3 is 15.8 Å². The van der Waals surface area contributed by atoms with E-state index >= 15 is 0 Å². The largest absolute Gasteiger partial charge is 0.435 e. The van der Waals surface area contributed by atoms with Crippen molar-refractivity contribution < 1.29 is 13.5 Å². The summed E-state index contributed by atoms with van der Waals surface area (Å²) < 4.78 is 28.7. The van der Waals surface area contributed by atoms with Gasteiger partial charge in [-0.05, 0) is 41.8 Å². The predicted octanol–water partition coefficient (Wildman–Crippen LogP) is 4.40. The van der Waals surface area contributed by atoms with E-state index < -0.39 is 6.61 Å². The quantitative estimate of drug-likeness (QED) is 0.392. The maximum absolute atomic E-state index is 12.2. The molecule has 0 aromatic heterocycles. The molecule has 0 radical (unpaired) electrons. The molecule has 0 amide bonds. The maximum atomic E-state index is 12.2. The van der Waals surface area contributed by atoms with Crippen LogP contribution in [0.4, 0.5) is 14.5 Å². The number of guanidine groups is 1. The number of benzene rings is 2. The number of aryl methyl sites for hydroxylation is 1. The number of hydrogen-bond donors (Lipinski definition) is 2. The van der Waals surface area contributed by atoms with Crippen molar-refractivity contribution in [2.24, 2.45) is 10.7 Å². The van der Waals surface area contributed by atoms with E-state index in [2.05, 4.69) is 22.0 Å². The number of aliphatic imine (C=N–C) groups is 1. The van der Waals surface area contributed by atoms with Crippen molar-refractivity contribution in [1.82, 2.24) is 0 Å². The minimum absolute atomic E-state index is 0. The molecule has 0 fully saturated rings. The van der Waals surface area contributed by atoms with E-state index in [0.29, 0.717) is 0 Å². The Morgan fingerprint density at radius 3 is 2.50 bits per heavy atom. The van der Waals surface area contributed by atoms with Crippen molar-refractivity contribution >= 4 is 35.6 Å². The summed E-state index contributed by atoms with van der Waals surface area (Å²) in [6, 6.07) is 14.3. The van der Waals surface area contributed by atoms with Gasteiger partial charge in [-0.1, -0.05) is 31.2 Å². The first kappa shape index (κ1) is 20.1. The molecule has 130 valence electrons.